The average Bonchev–Trinajstić information content (AvgIpc) is 2.24. The zero-order valence-corrected chi connectivity index (χ0v) is 13.6. The molecule has 0 N–H and O–H groups in total. The van der Waals surface area contributed by atoms with Crippen molar-refractivity contribution in [3.8, 4) is 5.75 Å². The number of rotatable bonds is 5. The zero-order valence-electron chi connectivity index (χ0n) is 12.0. The van der Waals surface area contributed by atoms with Crippen molar-refractivity contribution in [3.63, 3.8) is 0 Å². The lowest BCUT2D eigenvalue weighted by atomic mass is 9.84. The Morgan fingerprint density at radius 2 is 1.89 bits per heavy atom. The fourth-order valence-electron chi connectivity index (χ4n) is 2.12. The van der Waals surface area contributed by atoms with E-state index in [9.17, 15) is 8.42 Å². The van der Waals surface area contributed by atoms with Crippen molar-refractivity contribution < 1.29 is 13.2 Å². The maximum Gasteiger partial charge on any atom is 0.233 e. The van der Waals surface area contributed by atoms with Crippen molar-refractivity contribution in [1.82, 2.24) is 0 Å². The maximum absolute atomic E-state index is 11.4. The van der Waals surface area contributed by atoms with Gasteiger partial charge in [-0.05, 0) is 17.5 Å². The van der Waals surface area contributed by atoms with Gasteiger partial charge in [-0.1, -0.05) is 39.8 Å². The second-order valence-corrected chi connectivity index (χ2v) is 8.46. The molecule has 0 fully saturated rings. The third kappa shape index (κ3) is 4.39. The summed E-state index contributed by atoms with van der Waals surface area (Å²) in [6, 6.07) is 5.89. The van der Waals surface area contributed by atoms with Gasteiger partial charge in [-0.3, -0.25) is 0 Å². The Bertz CT molecular complexity index is 548. The summed E-state index contributed by atoms with van der Waals surface area (Å²) in [5.41, 5.74) is 1.41. The van der Waals surface area contributed by atoms with Crippen molar-refractivity contribution in [3.05, 3.63) is 29.3 Å². The topological polar surface area (TPSA) is 43.4 Å². The Labute approximate surface area is 120 Å². The van der Waals surface area contributed by atoms with E-state index >= 15 is 0 Å². The first-order chi connectivity index (χ1) is 8.57. The molecule has 0 aliphatic heterocycles. The summed E-state index contributed by atoms with van der Waals surface area (Å²) in [4.78, 5) is 0. The van der Waals surface area contributed by atoms with Crippen LogP contribution in [-0.4, -0.2) is 21.3 Å². The largest absolute Gasteiger partial charge is 0.496 e. The van der Waals surface area contributed by atoms with E-state index < -0.39 is 14.5 Å². The van der Waals surface area contributed by atoms with E-state index in [4.69, 9.17) is 15.4 Å². The Balaban J connectivity index is 3.33. The van der Waals surface area contributed by atoms with Crippen LogP contribution in [0.15, 0.2) is 18.2 Å². The van der Waals surface area contributed by atoms with Gasteiger partial charge in [0.2, 0.25) is 9.05 Å². The molecule has 19 heavy (non-hydrogen) atoms. The average molecular weight is 305 g/mol. The van der Waals surface area contributed by atoms with Gasteiger partial charge in [0.1, 0.15) is 5.75 Å². The summed E-state index contributed by atoms with van der Waals surface area (Å²) in [5, 5.41) is 0. The highest BCUT2D eigenvalue weighted by Gasteiger charge is 2.30. The normalized spacial score (nSPS) is 12.8. The summed E-state index contributed by atoms with van der Waals surface area (Å²) >= 11 is 0. The lowest BCUT2D eigenvalue weighted by Gasteiger charge is -2.26. The van der Waals surface area contributed by atoms with E-state index in [1.807, 2.05) is 32.0 Å². The fraction of sp³-hybridized carbons (Fsp3) is 0.571. The van der Waals surface area contributed by atoms with Crippen LogP contribution in [0.2, 0.25) is 0 Å². The first kappa shape index (κ1) is 16.3. The molecule has 0 amide bonds. The molecule has 0 aromatic heterocycles. The van der Waals surface area contributed by atoms with Crippen LogP contribution in [-0.2, 0) is 14.5 Å². The van der Waals surface area contributed by atoms with Gasteiger partial charge < -0.3 is 4.74 Å². The van der Waals surface area contributed by atoms with Crippen LogP contribution in [0.1, 0.15) is 44.7 Å². The summed E-state index contributed by atoms with van der Waals surface area (Å²) in [7, 11) is 3.41. The Morgan fingerprint density at radius 1 is 1.32 bits per heavy atom. The third-order valence-corrected chi connectivity index (χ3v) is 4.55. The molecule has 0 aliphatic carbocycles. The molecule has 0 atom stereocenters. The van der Waals surface area contributed by atoms with Crippen LogP contribution in [0.25, 0.3) is 0 Å². The van der Waals surface area contributed by atoms with Crippen LogP contribution >= 0.6 is 10.7 Å². The molecular formula is C14H21ClO3S. The Morgan fingerprint density at radius 3 is 2.32 bits per heavy atom. The highest BCUT2D eigenvalue weighted by Crippen LogP contribution is 2.35. The van der Waals surface area contributed by atoms with Gasteiger partial charge in [-0.15, -0.1) is 0 Å². The number of hydrogen-bond acceptors (Lipinski definition) is 3. The minimum Gasteiger partial charge on any atom is -0.496 e. The SMILES string of the molecule is COc1ccc(C(C)C)cc1C(C)(C)CS(=O)(=O)Cl. The van der Waals surface area contributed by atoms with E-state index in [2.05, 4.69) is 13.8 Å². The van der Waals surface area contributed by atoms with E-state index in [1.54, 1.807) is 7.11 Å². The molecule has 0 heterocycles. The van der Waals surface area contributed by atoms with Gasteiger partial charge in [-0.2, -0.15) is 0 Å². The molecule has 0 spiro atoms. The standard InChI is InChI=1S/C14H21ClO3S/c1-10(2)11-6-7-13(18-5)12(8-11)14(3,4)9-19(15,16)17/h6-8,10H,9H2,1-5H3. The van der Waals surface area contributed by atoms with E-state index in [0.717, 1.165) is 11.1 Å². The summed E-state index contributed by atoms with van der Waals surface area (Å²) in [5.74, 6) is 0.933. The van der Waals surface area contributed by atoms with Crippen molar-refractivity contribution >= 4 is 19.7 Å². The highest BCUT2D eigenvalue weighted by atomic mass is 35.7. The second-order valence-electron chi connectivity index (χ2n) is 5.68. The molecule has 0 saturated carbocycles. The van der Waals surface area contributed by atoms with Crippen molar-refractivity contribution in [2.45, 2.75) is 39.0 Å². The highest BCUT2D eigenvalue weighted by molar-refractivity contribution is 8.13. The van der Waals surface area contributed by atoms with Gasteiger partial charge in [-0.25, -0.2) is 8.42 Å². The second kappa shape index (κ2) is 5.71. The Kier molecular flexibility index (Phi) is 4.91. The van der Waals surface area contributed by atoms with Crippen molar-refractivity contribution in [2.75, 3.05) is 12.9 Å². The number of methoxy groups -OCH3 is 1. The molecule has 108 valence electrons. The lowest BCUT2D eigenvalue weighted by Crippen LogP contribution is -2.27. The van der Waals surface area contributed by atoms with E-state index in [0.29, 0.717) is 11.7 Å². The van der Waals surface area contributed by atoms with Crippen molar-refractivity contribution in [1.29, 1.82) is 0 Å². The van der Waals surface area contributed by atoms with Crippen LogP contribution in [0.5, 0.6) is 5.75 Å². The number of benzene rings is 1. The minimum absolute atomic E-state index is 0.126. The zero-order chi connectivity index (χ0) is 14.8. The van der Waals surface area contributed by atoms with Gasteiger partial charge in [0.15, 0.2) is 0 Å². The first-order valence-corrected chi connectivity index (χ1v) is 8.65. The molecular weight excluding hydrogens is 284 g/mol. The third-order valence-electron chi connectivity index (χ3n) is 3.15. The molecule has 1 aromatic rings. The number of ether oxygens (including phenoxy) is 1. The molecule has 0 saturated heterocycles. The van der Waals surface area contributed by atoms with Crippen LogP contribution in [0.3, 0.4) is 0 Å². The van der Waals surface area contributed by atoms with E-state index in [1.165, 1.54) is 0 Å². The van der Waals surface area contributed by atoms with Gasteiger partial charge in [0.05, 0.1) is 12.9 Å². The predicted molar refractivity (Wildman–Crippen MR) is 79.7 cm³/mol. The fourth-order valence-corrected chi connectivity index (χ4v) is 3.96. The van der Waals surface area contributed by atoms with Gasteiger partial charge >= 0.3 is 0 Å². The predicted octanol–water partition coefficient (Wildman–Crippen LogP) is 3.66. The van der Waals surface area contributed by atoms with Crippen molar-refractivity contribution in [2.24, 2.45) is 0 Å². The Hall–Kier alpha value is -0.740. The summed E-state index contributed by atoms with van der Waals surface area (Å²) < 4.78 is 28.1. The van der Waals surface area contributed by atoms with Crippen LogP contribution < -0.4 is 4.74 Å². The molecule has 3 nitrogen and oxygen atoms in total. The lowest BCUT2D eigenvalue weighted by molar-refractivity contribution is 0.397. The molecule has 1 aromatic carbocycles. The molecule has 5 heteroatoms. The number of halogens is 1. The molecule has 1 rings (SSSR count). The molecule has 0 aliphatic rings. The molecule has 0 radical (unpaired) electrons. The molecule has 0 unspecified atom stereocenters. The van der Waals surface area contributed by atoms with E-state index in [-0.39, 0.29) is 5.75 Å². The number of hydrogen-bond donors (Lipinski definition) is 0. The quantitative estimate of drug-likeness (QED) is 0.780. The van der Waals surface area contributed by atoms with Crippen LogP contribution in [0.4, 0.5) is 0 Å². The summed E-state index contributed by atoms with van der Waals surface area (Å²) in [6.45, 7) is 7.90. The first-order valence-electron chi connectivity index (χ1n) is 6.17. The summed E-state index contributed by atoms with van der Waals surface area (Å²) in [6.07, 6.45) is 0. The minimum atomic E-state index is -3.57. The maximum atomic E-state index is 11.4. The molecule has 0 bridgehead atoms. The van der Waals surface area contributed by atoms with Gasteiger partial charge in [0, 0.05) is 21.7 Å². The van der Waals surface area contributed by atoms with Gasteiger partial charge in [0.25, 0.3) is 0 Å². The smallest absolute Gasteiger partial charge is 0.233 e. The van der Waals surface area contributed by atoms with Crippen LogP contribution in [0, 0.1) is 0 Å². The monoisotopic (exact) mass is 304 g/mol.